The lowest BCUT2D eigenvalue weighted by Crippen LogP contribution is -2.04. The summed E-state index contributed by atoms with van der Waals surface area (Å²) in [4.78, 5) is 8.09. The SMILES string of the molecule is CNc1ncc(C)c(Oc2ccc(C(F)(F)F)cc2)n1. The summed E-state index contributed by atoms with van der Waals surface area (Å²) in [6, 6.07) is 4.43. The smallest absolute Gasteiger partial charge is 0.416 e. The summed E-state index contributed by atoms with van der Waals surface area (Å²) in [7, 11) is 1.66. The van der Waals surface area contributed by atoms with E-state index in [2.05, 4.69) is 15.3 Å². The van der Waals surface area contributed by atoms with E-state index in [9.17, 15) is 13.2 Å². The first kappa shape index (κ1) is 14.1. The van der Waals surface area contributed by atoms with E-state index in [1.165, 1.54) is 12.1 Å². The predicted octanol–water partition coefficient (Wildman–Crippen LogP) is 3.64. The van der Waals surface area contributed by atoms with Crippen molar-refractivity contribution in [3.63, 3.8) is 0 Å². The molecule has 2 rings (SSSR count). The van der Waals surface area contributed by atoms with Gasteiger partial charge in [0.15, 0.2) is 0 Å². The van der Waals surface area contributed by atoms with Gasteiger partial charge in [0.2, 0.25) is 11.8 Å². The number of anilines is 1. The zero-order chi connectivity index (χ0) is 14.8. The maximum atomic E-state index is 12.4. The minimum absolute atomic E-state index is 0.279. The maximum Gasteiger partial charge on any atom is 0.416 e. The van der Waals surface area contributed by atoms with Gasteiger partial charge >= 0.3 is 6.18 Å². The van der Waals surface area contributed by atoms with Crippen LogP contribution in [0.1, 0.15) is 11.1 Å². The van der Waals surface area contributed by atoms with E-state index in [0.29, 0.717) is 17.4 Å². The highest BCUT2D eigenvalue weighted by Gasteiger charge is 2.30. The topological polar surface area (TPSA) is 47.0 Å². The molecule has 20 heavy (non-hydrogen) atoms. The van der Waals surface area contributed by atoms with Crippen LogP contribution in [0.3, 0.4) is 0 Å². The minimum atomic E-state index is -4.36. The molecule has 0 radical (unpaired) electrons. The summed E-state index contributed by atoms with van der Waals surface area (Å²) in [6.45, 7) is 1.75. The molecule has 0 bridgehead atoms. The average molecular weight is 283 g/mol. The van der Waals surface area contributed by atoms with Crippen molar-refractivity contribution >= 4 is 5.95 Å². The number of aryl methyl sites for hydroxylation is 1. The molecule has 1 aromatic carbocycles. The molecule has 106 valence electrons. The number of benzene rings is 1. The summed E-state index contributed by atoms with van der Waals surface area (Å²) in [5, 5.41) is 2.76. The van der Waals surface area contributed by atoms with Crippen LogP contribution in [0.2, 0.25) is 0 Å². The van der Waals surface area contributed by atoms with E-state index in [1.807, 2.05) is 0 Å². The first-order valence-electron chi connectivity index (χ1n) is 5.76. The Bertz CT molecular complexity index is 597. The Hall–Kier alpha value is -2.31. The van der Waals surface area contributed by atoms with Crippen LogP contribution >= 0.6 is 0 Å². The normalized spacial score (nSPS) is 11.2. The van der Waals surface area contributed by atoms with Crippen molar-refractivity contribution in [3.05, 3.63) is 41.6 Å². The second-order valence-corrected chi connectivity index (χ2v) is 4.06. The van der Waals surface area contributed by atoms with E-state index in [4.69, 9.17) is 4.74 Å². The number of aromatic nitrogens is 2. The first-order chi connectivity index (χ1) is 9.40. The molecule has 7 heteroatoms. The number of hydrogen-bond acceptors (Lipinski definition) is 4. The summed E-state index contributed by atoms with van der Waals surface area (Å²) in [6.07, 6.45) is -2.79. The highest BCUT2D eigenvalue weighted by molar-refractivity contribution is 5.36. The van der Waals surface area contributed by atoms with Crippen LogP contribution in [-0.2, 0) is 6.18 Å². The quantitative estimate of drug-likeness (QED) is 0.934. The molecule has 0 fully saturated rings. The Balaban J connectivity index is 2.22. The number of hydrogen-bond donors (Lipinski definition) is 1. The number of rotatable bonds is 3. The van der Waals surface area contributed by atoms with E-state index in [0.717, 1.165) is 12.1 Å². The Morgan fingerprint density at radius 1 is 1.15 bits per heavy atom. The van der Waals surface area contributed by atoms with E-state index >= 15 is 0 Å². The second kappa shape index (κ2) is 5.36. The minimum Gasteiger partial charge on any atom is -0.439 e. The lowest BCUT2D eigenvalue weighted by Gasteiger charge is -2.10. The van der Waals surface area contributed by atoms with Crippen molar-refractivity contribution < 1.29 is 17.9 Å². The molecule has 0 amide bonds. The summed E-state index contributed by atoms with van der Waals surface area (Å²) < 4.78 is 42.8. The van der Waals surface area contributed by atoms with E-state index in [1.54, 1.807) is 20.2 Å². The zero-order valence-electron chi connectivity index (χ0n) is 10.8. The summed E-state index contributed by atoms with van der Waals surface area (Å²) >= 11 is 0. The third-order valence-corrected chi connectivity index (χ3v) is 2.55. The molecular weight excluding hydrogens is 271 g/mol. The van der Waals surface area contributed by atoms with Crippen LogP contribution in [0.4, 0.5) is 19.1 Å². The molecule has 0 aliphatic heterocycles. The van der Waals surface area contributed by atoms with Gasteiger partial charge < -0.3 is 10.1 Å². The molecule has 4 nitrogen and oxygen atoms in total. The number of halogens is 3. The highest BCUT2D eigenvalue weighted by Crippen LogP contribution is 2.31. The number of alkyl halides is 3. The highest BCUT2D eigenvalue weighted by atomic mass is 19.4. The van der Waals surface area contributed by atoms with E-state index < -0.39 is 11.7 Å². The van der Waals surface area contributed by atoms with Crippen molar-refractivity contribution in [2.45, 2.75) is 13.1 Å². The molecule has 0 atom stereocenters. The fraction of sp³-hybridized carbons (Fsp3) is 0.231. The molecule has 0 unspecified atom stereocenters. The van der Waals surface area contributed by atoms with Gasteiger partial charge in [0.1, 0.15) is 5.75 Å². The monoisotopic (exact) mass is 283 g/mol. The van der Waals surface area contributed by atoms with Crippen LogP contribution in [0, 0.1) is 6.92 Å². The number of nitrogens with one attached hydrogen (secondary N) is 1. The fourth-order valence-corrected chi connectivity index (χ4v) is 1.47. The molecule has 0 spiro atoms. The predicted molar refractivity (Wildman–Crippen MR) is 67.8 cm³/mol. The Morgan fingerprint density at radius 3 is 2.35 bits per heavy atom. The first-order valence-corrected chi connectivity index (χ1v) is 5.76. The van der Waals surface area contributed by atoms with Gasteiger partial charge in [-0.1, -0.05) is 0 Å². The Morgan fingerprint density at radius 2 is 1.80 bits per heavy atom. The van der Waals surface area contributed by atoms with E-state index in [-0.39, 0.29) is 5.75 Å². The molecular formula is C13H12F3N3O. The van der Waals surface area contributed by atoms with Crippen LogP contribution in [-0.4, -0.2) is 17.0 Å². The van der Waals surface area contributed by atoms with Crippen molar-refractivity contribution in [2.24, 2.45) is 0 Å². The van der Waals surface area contributed by atoms with Crippen LogP contribution in [0.25, 0.3) is 0 Å². The lowest BCUT2D eigenvalue weighted by molar-refractivity contribution is -0.137. The third kappa shape index (κ3) is 3.17. The number of ether oxygens (including phenoxy) is 1. The van der Waals surface area contributed by atoms with Gasteiger partial charge in [-0.3, -0.25) is 0 Å². The molecule has 0 saturated heterocycles. The zero-order valence-corrected chi connectivity index (χ0v) is 10.8. The molecule has 1 N–H and O–H groups in total. The lowest BCUT2D eigenvalue weighted by atomic mass is 10.2. The second-order valence-electron chi connectivity index (χ2n) is 4.06. The fourth-order valence-electron chi connectivity index (χ4n) is 1.47. The Kier molecular flexibility index (Phi) is 3.78. The van der Waals surface area contributed by atoms with Crippen molar-refractivity contribution in [2.75, 3.05) is 12.4 Å². The molecule has 1 heterocycles. The molecule has 0 aliphatic carbocycles. The van der Waals surface area contributed by atoms with Gasteiger partial charge in [-0.05, 0) is 31.2 Å². The van der Waals surface area contributed by atoms with Crippen molar-refractivity contribution in [1.29, 1.82) is 0 Å². The molecule has 1 aromatic heterocycles. The molecule has 0 saturated carbocycles. The van der Waals surface area contributed by atoms with Gasteiger partial charge in [-0.25, -0.2) is 4.98 Å². The van der Waals surface area contributed by atoms with Crippen LogP contribution in [0.5, 0.6) is 11.6 Å². The van der Waals surface area contributed by atoms with Gasteiger partial charge in [-0.2, -0.15) is 18.2 Å². The van der Waals surface area contributed by atoms with Gasteiger partial charge in [0.25, 0.3) is 0 Å². The van der Waals surface area contributed by atoms with Crippen molar-refractivity contribution in [3.8, 4) is 11.6 Å². The van der Waals surface area contributed by atoms with Gasteiger partial charge in [0, 0.05) is 18.8 Å². The third-order valence-electron chi connectivity index (χ3n) is 2.55. The average Bonchev–Trinajstić information content (AvgIpc) is 2.41. The molecule has 2 aromatic rings. The summed E-state index contributed by atoms with van der Waals surface area (Å²) in [5.74, 6) is 0.948. The summed E-state index contributed by atoms with van der Waals surface area (Å²) in [5.41, 5.74) is -0.0379. The molecule has 0 aliphatic rings. The van der Waals surface area contributed by atoms with Gasteiger partial charge in [-0.15, -0.1) is 0 Å². The standard InChI is InChI=1S/C13H12F3N3O/c1-8-7-18-12(17-2)19-11(8)20-10-5-3-9(4-6-10)13(14,15)16/h3-7H,1-2H3,(H,17,18,19). The van der Waals surface area contributed by atoms with Crippen molar-refractivity contribution in [1.82, 2.24) is 9.97 Å². The largest absolute Gasteiger partial charge is 0.439 e. The van der Waals surface area contributed by atoms with Gasteiger partial charge in [0.05, 0.1) is 5.56 Å². The van der Waals surface area contributed by atoms with Crippen LogP contribution < -0.4 is 10.1 Å². The maximum absolute atomic E-state index is 12.4. The number of nitrogens with zero attached hydrogens (tertiary/aromatic N) is 2. The van der Waals surface area contributed by atoms with Crippen LogP contribution in [0.15, 0.2) is 30.5 Å². The Labute approximate surface area is 113 Å².